The highest BCUT2D eigenvalue weighted by Gasteiger charge is 2.46. The van der Waals surface area contributed by atoms with Crippen LogP contribution in [0, 0.1) is 0 Å². The van der Waals surface area contributed by atoms with Crippen LogP contribution in [0.4, 0.5) is 22.7 Å². The molecule has 256 valence electrons. The number of para-hydroxylation sites is 4. The molecule has 0 unspecified atom stereocenters. The van der Waals surface area contributed by atoms with E-state index in [9.17, 15) is 0 Å². The predicted molar refractivity (Wildman–Crippen MR) is 205 cm³/mol. The number of benzene rings is 4. The first-order valence-electron chi connectivity index (χ1n) is 15.1. The van der Waals surface area contributed by atoms with Crippen LogP contribution >= 0.6 is 30.3 Å². The maximum atomic E-state index is 6.55. The van der Waals surface area contributed by atoms with Crippen molar-refractivity contribution in [3.8, 4) is 0 Å². The molecule has 12 nitrogen and oxygen atoms in total. The topological polar surface area (TPSA) is 99.3 Å². The lowest BCUT2D eigenvalue weighted by molar-refractivity contribution is 0.430. The van der Waals surface area contributed by atoms with Crippen LogP contribution in [0.15, 0.2) is 139 Å². The lowest BCUT2D eigenvalue weighted by Crippen LogP contribution is -2.22. The second-order valence-electron chi connectivity index (χ2n) is 10.6. The van der Waals surface area contributed by atoms with Gasteiger partial charge in [-0.2, -0.15) is 18.1 Å². The Kier molecular flexibility index (Phi) is 11.4. The quantitative estimate of drug-likeness (QED) is 0.133. The second kappa shape index (κ2) is 15.2. The molecule has 0 aliphatic carbocycles. The third-order valence-electron chi connectivity index (χ3n) is 7.99. The monoisotopic (exact) mass is 728 g/mol. The van der Waals surface area contributed by atoms with E-state index in [1.165, 1.54) is 0 Å². The Morgan fingerprint density at radius 2 is 0.500 bits per heavy atom. The highest BCUT2D eigenvalue weighted by molar-refractivity contribution is 7.84. The van der Waals surface area contributed by atoms with E-state index < -0.39 is 30.3 Å². The molecule has 4 aromatic carbocycles. The molecule has 0 bridgehead atoms. The van der Waals surface area contributed by atoms with Crippen LogP contribution in [-0.4, -0.2) is 56.6 Å². The zero-order chi connectivity index (χ0) is 34.4. The molecule has 1 aliphatic heterocycles. The van der Waals surface area contributed by atoms with Crippen molar-refractivity contribution in [1.29, 1.82) is 0 Å². The van der Waals surface area contributed by atoms with Gasteiger partial charge in [0.15, 0.2) is 0 Å². The van der Waals surface area contributed by atoms with E-state index in [-0.39, 0.29) is 0 Å². The number of rotatable bonds is 12. The van der Waals surface area contributed by atoms with Gasteiger partial charge in [0.1, 0.15) is 0 Å². The van der Waals surface area contributed by atoms with Crippen LogP contribution in [0.3, 0.4) is 0 Å². The summed E-state index contributed by atoms with van der Waals surface area (Å²) in [5, 5.41) is 0. The molecule has 1 aliphatic rings. The van der Waals surface area contributed by atoms with Crippen molar-refractivity contribution >= 4 is 53.1 Å². The summed E-state index contributed by atoms with van der Waals surface area (Å²) in [6.07, 6.45) is 0. The minimum absolute atomic E-state index is 0.850. The van der Waals surface area contributed by atoms with Crippen LogP contribution in [-0.2, 0) is 18.1 Å². The summed E-state index contributed by atoms with van der Waals surface area (Å²) in [5.41, 5.74) is 3.40. The first kappa shape index (κ1) is 36.1. The van der Waals surface area contributed by atoms with Gasteiger partial charge in [-0.25, -0.2) is 0 Å². The third-order valence-corrected chi connectivity index (χ3v) is 21.5. The van der Waals surface area contributed by atoms with Gasteiger partial charge in [0, 0.05) is 79.4 Å². The SMILES string of the molecule is COP1(N(C)c2ccccc2)=NP(OC)(N(C)c2ccccc2)=NP(OC)(N(C)c2ccccc2)=NP(OC)(N(C)c2ccccc2)=N1. The van der Waals surface area contributed by atoms with Gasteiger partial charge >= 0.3 is 30.3 Å². The van der Waals surface area contributed by atoms with Crippen molar-refractivity contribution in [3.63, 3.8) is 0 Å². The lowest BCUT2D eigenvalue weighted by Gasteiger charge is -2.42. The van der Waals surface area contributed by atoms with Gasteiger partial charge in [-0.15, -0.1) is 0 Å². The molecule has 0 spiro atoms. The van der Waals surface area contributed by atoms with Crippen LogP contribution in [0.5, 0.6) is 0 Å². The maximum absolute atomic E-state index is 6.55. The summed E-state index contributed by atoms with van der Waals surface area (Å²) in [4.78, 5) is 0. The minimum Gasteiger partial charge on any atom is -0.315 e. The fraction of sp³-hybridized carbons (Fsp3) is 0.250. The highest BCUT2D eigenvalue weighted by atomic mass is 31.3. The summed E-state index contributed by atoms with van der Waals surface area (Å²) in [6.45, 7) is 0. The molecule has 0 saturated heterocycles. The molecular weight excluding hydrogens is 684 g/mol. The Morgan fingerprint density at radius 1 is 0.333 bits per heavy atom. The molecule has 5 rings (SSSR count). The van der Waals surface area contributed by atoms with Gasteiger partial charge in [-0.1, -0.05) is 72.8 Å². The molecule has 0 fully saturated rings. The maximum Gasteiger partial charge on any atom is 0.310 e. The van der Waals surface area contributed by atoms with E-state index >= 15 is 0 Å². The molecule has 0 radical (unpaired) electrons. The normalized spacial score (nSPS) is 25.2. The molecule has 48 heavy (non-hydrogen) atoms. The zero-order valence-electron chi connectivity index (χ0n) is 28.5. The molecule has 0 saturated carbocycles. The Labute approximate surface area is 285 Å². The summed E-state index contributed by atoms with van der Waals surface area (Å²) < 4.78 is 56.5. The molecule has 0 N–H and O–H groups in total. The van der Waals surface area contributed by atoms with Crippen molar-refractivity contribution in [2.45, 2.75) is 0 Å². The zero-order valence-corrected chi connectivity index (χ0v) is 32.1. The van der Waals surface area contributed by atoms with Gasteiger partial charge in [0.25, 0.3) is 0 Å². The summed E-state index contributed by atoms with van der Waals surface area (Å²) in [7, 11) is 0.414. The summed E-state index contributed by atoms with van der Waals surface area (Å²) >= 11 is 0. The average Bonchev–Trinajstić information content (AvgIpc) is 3.16. The van der Waals surface area contributed by atoms with Crippen LogP contribution in [0.1, 0.15) is 0 Å². The second-order valence-corrected chi connectivity index (χ2v) is 21.4. The number of hydrogen-bond acceptors (Lipinski definition) is 12. The molecular formula is C32H44N8O4P4. The van der Waals surface area contributed by atoms with Crippen LogP contribution in [0.2, 0.25) is 0 Å². The molecule has 0 amide bonds. The van der Waals surface area contributed by atoms with Crippen LogP contribution < -0.4 is 18.7 Å². The molecule has 16 heteroatoms. The van der Waals surface area contributed by atoms with E-state index in [1.54, 1.807) is 28.4 Å². The van der Waals surface area contributed by atoms with E-state index in [2.05, 4.69) is 0 Å². The average molecular weight is 729 g/mol. The fourth-order valence-corrected chi connectivity index (χ4v) is 20.7. The van der Waals surface area contributed by atoms with Gasteiger partial charge < -0.3 is 36.8 Å². The minimum atomic E-state index is -3.44. The third kappa shape index (κ3) is 6.82. The van der Waals surface area contributed by atoms with Gasteiger partial charge in [-0.3, -0.25) is 0 Å². The summed E-state index contributed by atoms with van der Waals surface area (Å²) in [5.74, 6) is 0. The molecule has 0 atom stereocenters. The van der Waals surface area contributed by atoms with Crippen molar-refractivity contribution < 1.29 is 18.1 Å². The van der Waals surface area contributed by atoms with Gasteiger partial charge in [0.05, 0.1) is 0 Å². The fourth-order valence-electron chi connectivity index (χ4n) is 5.12. The number of nitrogens with zero attached hydrogens (tertiary/aromatic N) is 8. The van der Waals surface area contributed by atoms with Gasteiger partial charge in [0.2, 0.25) is 0 Å². The Bertz CT molecular complexity index is 1600. The smallest absolute Gasteiger partial charge is 0.310 e. The highest BCUT2D eigenvalue weighted by Crippen LogP contribution is 2.82. The van der Waals surface area contributed by atoms with E-state index in [0.29, 0.717) is 0 Å². The molecule has 4 aromatic rings. The molecule has 1 heterocycles. The van der Waals surface area contributed by atoms with Crippen molar-refractivity contribution in [2.24, 2.45) is 18.1 Å². The molecule has 0 aromatic heterocycles. The Morgan fingerprint density at radius 3 is 0.646 bits per heavy atom. The Balaban J connectivity index is 2.00. The predicted octanol–water partition coefficient (Wildman–Crippen LogP) is 10.9. The lowest BCUT2D eigenvalue weighted by atomic mass is 10.3. The summed E-state index contributed by atoms with van der Waals surface area (Å²) in [6, 6.07) is 39.6. The van der Waals surface area contributed by atoms with Crippen molar-refractivity contribution in [1.82, 2.24) is 0 Å². The van der Waals surface area contributed by atoms with Crippen molar-refractivity contribution in [3.05, 3.63) is 121 Å². The van der Waals surface area contributed by atoms with Crippen molar-refractivity contribution in [2.75, 3.05) is 75.3 Å². The number of anilines is 4. The van der Waals surface area contributed by atoms with Crippen LogP contribution in [0.25, 0.3) is 0 Å². The largest absolute Gasteiger partial charge is 0.315 e. The van der Waals surface area contributed by atoms with Gasteiger partial charge in [-0.05, 0) is 48.5 Å². The Hall–Kier alpha value is -3.16. The standard InChI is InChI=1S/C32H44N8O4P4/c1-37(29-21-13-9-14-22-29)45(41-5)33-46(42-6,38(2)30-23-15-10-16-24-30)35-48(44-8,40(4)32-27-19-12-20-28-32)36-47(34-45,43-7)39(3)31-25-17-11-18-26-31/h9-28H,1-8H3. The van der Waals surface area contributed by atoms with E-state index in [0.717, 1.165) is 22.7 Å². The van der Waals surface area contributed by atoms with E-state index in [1.807, 2.05) is 168 Å². The number of hydrogen-bond donors (Lipinski definition) is 0. The van der Waals surface area contributed by atoms with E-state index in [4.69, 9.17) is 36.2 Å². The first-order chi connectivity index (χ1) is 23.1. The first-order valence-corrected chi connectivity index (χ1v) is 21.3.